The second-order valence-electron chi connectivity index (χ2n) is 5.28. The van der Waals surface area contributed by atoms with Crippen molar-refractivity contribution in [2.45, 2.75) is 32.2 Å². The van der Waals surface area contributed by atoms with E-state index in [4.69, 9.17) is 5.84 Å². The van der Waals surface area contributed by atoms with E-state index >= 15 is 0 Å². The summed E-state index contributed by atoms with van der Waals surface area (Å²) in [7, 11) is 1.88. The Morgan fingerprint density at radius 1 is 1.44 bits per heavy atom. The molecule has 0 saturated carbocycles. The lowest BCUT2D eigenvalue weighted by atomic mass is 9.89. The molecule has 1 atom stereocenters. The smallest absolute Gasteiger partial charge is 0.0868 e. The van der Waals surface area contributed by atoms with E-state index in [-0.39, 0.29) is 11.5 Å². The lowest BCUT2D eigenvalue weighted by Gasteiger charge is -2.20. The largest absolute Gasteiger partial charge is 0.275 e. The van der Waals surface area contributed by atoms with Crippen molar-refractivity contribution in [3.63, 3.8) is 0 Å². The number of nitrogens with two attached hydrogens (primary N) is 1. The maximum atomic E-state index is 5.68. The van der Waals surface area contributed by atoms with Crippen LogP contribution in [-0.2, 0) is 12.5 Å². The molecule has 2 aromatic heterocycles. The highest BCUT2D eigenvalue weighted by molar-refractivity contribution is 7.05. The topological polar surface area (TPSA) is 81.7 Å². The highest BCUT2D eigenvalue weighted by Crippen LogP contribution is 2.32. The molecule has 3 N–H and O–H groups in total. The van der Waals surface area contributed by atoms with Gasteiger partial charge in [-0.05, 0) is 11.5 Å². The quantitative estimate of drug-likeness (QED) is 0.642. The second kappa shape index (κ2) is 4.75. The predicted octanol–water partition coefficient (Wildman–Crippen LogP) is 1.12. The molecule has 2 heterocycles. The standard InChI is InChI=1S/C11H18N6S/c1-11(2,3)10-9(18-16-15-10)8(14-12)7-5-13-17(4)6-7/h5-6,8,14H,12H2,1-4H3. The minimum Gasteiger partial charge on any atom is -0.275 e. The first-order valence-electron chi connectivity index (χ1n) is 5.71. The number of hydrogen-bond acceptors (Lipinski definition) is 6. The number of rotatable bonds is 3. The molecular formula is C11H18N6S. The molecule has 0 spiro atoms. The fourth-order valence-electron chi connectivity index (χ4n) is 1.82. The van der Waals surface area contributed by atoms with Gasteiger partial charge >= 0.3 is 0 Å². The van der Waals surface area contributed by atoms with Gasteiger partial charge in [0, 0.05) is 24.2 Å². The summed E-state index contributed by atoms with van der Waals surface area (Å²) >= 11 is 1.37. The van der Waals surface area contributed by atoms with Crippen LogP contribution in [0.25, 0.3) is 0 Å². The zero-order chi connectivity index (χ0) is 13.3. The highest BCUT2D eigenvalue weighted by atomic mass is 32.1. The van der Waals surface area contributed by atoms with Gasteiger partial charge in [-0.15, -0.1) is 5.10 Å². The molecule has 98 valence electrons. The first-order chi connectivity index (χ1) is 8.43. The molecule has 18 heavy (non-hydrogen) atoms. The number of nitrogens with zero attached hydrogens (tertiary/aromatic N) is 4. The van der Waals surface area contributed by atoms with Gasteiger partial charge in [-0.1, -0.05) is 25.3 Å². The molecule has 2 rings (SSSR count). The number of hydrazine groups is 1. The van der Waals surface area contributed by atoms with Crippen molar-refractivity contribution < 1.29 is 0 Å². The van der Waals surface area contributed by atoms with Crippen LogP contribution >= 0.6 is 11.5 Å². The Morgan fingerprint density at radius 3 is 2.67 bits per heavy atom. The average molecular weight is 266 g/mol. The average Bonchev–Trinajstić information content (AvgIpc) is 2.88. The monoisotopic (exact) mass is 266 g/mol. The fraction of sp³-hybridized carbons (Fsp3) is 0.545. The van der Waals surface area contributed by atoms with E-state index in [1.54, 1.807) is 10.9 Å². The normalized spacial score (nSPS) is 13.8. The van der Waals surface area contributed by atoms with E-state index < -0.39 is 0 Å². The SMILES string of the molecule is Cn1cc(C(NN)c2snnc2C(C)(C)C)cn1. The Labute approximate surface area is 110 Å². The van der Waals surface area contributed by atoms with Crippen molar-refractivity contribution in [2.75, 3.05) is 0 Å². The Balaban J connectivity index is 2.43. The van der Waals surface area contributed by atoms with E-state index in [1.165, 1.54) is 11.5 Å². The Kier molecular flexibility index (Phi) is 3.47. The van der Waals surface area contributed by atoms with Crippen LogP contribution in [0, 0.1) is 0 Å². The van der Waals surface area contributed by atoms with Crippen molar-refractivity contribution in [1.29, 1.82) is 0 Å². The fourth-order valence-corrected chi connectivity index (χ4v) is 2.77. The molecule has 7 heteroatoms. The van der Waals surface area contributed by atoms with Crippen LogP contribution in [-0.4, -0.2) is 19.4 Å². The van der Waals surface area contributed by atoms with Gasteiger partial charge in [0.2, 0.25) is 0 Å². The second-order valence-corrected chi connectivity index (χ2v) is 6.07. The lowest BCUT2D eigenvalue weighted by molar-refractivity contribution is 0.543. The maximum absolute atomic E-state index is 5.68. The molecule has 0 amide bonds. The van der Waals surface area contributed by atoms with Crippen molar-refractivity contribution >= 4 is 11.5 Å². The van der Waals surface area contributed by atoms with Crippen LogP contribution in [0.1, 0.15) is 42.9 Å². The number of hydrogen-bond donors (Lipinski definition) is 2. The molecule has 0 aliphatic carbocycles. The summed E-state index contributed by atoms with van der Waals surface area (Å²) in [5.74, 6) is 5.68. The van der Waals surface area contributed by atoms with Crippen molar-refractivity contribution in [1.82, 2.24) is 24.8 Å². The minimum absolute atomic E-state index is 0.0559. The molecule has 6 nitrogen and oxygen atoms in total. The van der Waals surface area contributed by atoms with Gasteiger partial charge < -0.3 is 0 Å². The summed E-state index contributed by atoms with van der Waals surface area (Å²) in [5.41, 5.74) is 4.75. The van der Waals surface area contributed by atoms with Gasteiger partial charge in [-0.2, -0.15) is 5.10 Å². The summed E-state index contributed by atoms with van der Waals surface area (Å²) in [6.45, 7) is 6.35. The highest BCUT2D eigenvalue weighted by Gasteiger charge is 2.28. The van der Waals surface area contributed by atoms with Crippen LogP contribution in [0.4, 0.5) is 0 Å². The molecule has 0 saturated heterocycles. The zero-order valence-corrected chi connectivity index (χ0v) is 11.8. The summed E-state index contributed by atoms with van der Waals surface area (Å²) in [5, 5.41) is 8.41. The third kappa shape index (κ3) is 2.43. The summed E-state index contributed by atoms with van der Waals surface area (Å²) in [6, 6.07) is -0.118. The van der Waals surface area contributed by atoms with Gasteiger partial charge in [0.05, 0.1) is 22.8 Å². The molecule has 0 aliphatic heterocycles. The van der Waals surface area contributed by atoms with Crippen LogP contribution in [0.2, 0.25) is 0 Å². The zero-order valence-electron chi connectivity index (χ0n) is 11.0. The lowest BCUT2D eigenvalue weighted by Crippen LogP contribution is -2.30. The summed E-state index contributed by atoms with van der Waals surface area (Å²) in [4.78, 5) is 1.04. The maximum Gasteiger partial charge on any atom is 0.0868 e. The van der Waals surface area contributed by atoms with Crippen molar-refractivity contribution in [2.24, 2.45) is 12.9 Å². The van der Waals surface area contributed by atoms with Crippen molar-refractivity contribution in [3.8, 4) is 0 Å². The molecule has 0 bridgehead atoms. The number of aryl methyl sites for hydroxylation is 1. The van der Waals surface area contributed by atoms with Gasteiger partial charge in [0.15, 0.2) is 0 Å². The number of nitrogens with one attached hydrogen (secondary N) is 1. The van der Waals surface area contributed by atoms with Crippen LogP contribution in [0.15, 0.2) is 12.4 Å². The van der Waals surface area contributed by atoms with Gasteiger partial charge in [0.1, 0.15) is 0 Å². The third-order valence-corrected chi connectivity index (χ3v) is 3.50. The molecule has 0 radical (unpaired) electrons. The number of aromatic nitrogens is 4. The van der Waals surface area contributed by atoms with E-state index in [0.717, 1.165) is 16.1 Å². The Bertz CT molecular complexity index is 524. The van der Waals surface area contributed by atoms with Gasteiger partial charge in [-0.3, -0.25) is 10.5 Å². The van der Waals surface area contributed by atoms with Crippen LogP contribution in [0.5, 0.6) is 0 Å². The molecule has 2 aromatic rings. The van der Waals surface area contributed by atoms with Gasteiger partial charge in [-0.25, -0.2) is 5.43 Å². The Hall–Kier alpha value is -1.31. The van der Waals surface area contributed by atoms with Crippen LogP contribution < -0.4 is 11.3 Å². The van der Waals surface area contributed by atoms with Crippen LogP contribution in [0.3, 0.4) is 0 Å². The molecule has 1 unspecified atom stereocenters. The molecule has 0 fully saturated rings. The first-order valence-corrected chi connectivity index (χ1v) is 6.48. The molecule has 0 aliphatic rings. The first kappa shape index (κ1) is 13.1. The summed E-state index contributed by atoms with van der Waals surface area (Å²) < 4.78 is 5.81. The van der Waals surface area contributed by atoms with E-state index in [0.29, 0.717) is 0 Å². The minimum atomic E-state index is -0.118. The van der Waals surface area contributed by atoms with E-state index in [1.807, 2.05) is 13.2 Å². The summed E-state index contributed by atoms with van der Waals surface area (Å²) in [6.07, 6.45) is 3.74. The molecular weight excluding hydrogens is 248 g/mol. The predicted molar refractivity (Wildman–Crippen MR) is 71.0 cm³/mol. The van der Waals surface area contributed by atoms with Crippen molar-refractivity contribution in [3.05, 3.63) is 28.5 Å². The van der Waals surface area contributed by atoms with E-state index in [2.05, 4.69) is 40.9 Å². The molecule has 0 aromatic carbocycles. The Morgan fingerprint density at radius 2 is 2.17 bits per heavy atom. The third-order valence-electron chi connectivity index (χ3n) is 2.71. The van der Waals surface area contributed by atoms with Gasteiger partial charge in [0.25, 0.3) is 0 Å². The van der Waals surface area contributed by atoms with E-state index in [9.17, 15) is 0 Å².